The van der Waals surface area contributed by atoms with Gasteiger partial charge in [-0.05, 0) is 0 Å². The Morgan fingerprint density at radius 1 is 0.833 bits per heavy atom. The minimum absolute atomic E-state index is 0.366. The van der Waals surface area contributed by atoms with E-state index in [0.717, 1.165) is 27.7 Å². The largest absolute Gasteiger partial charge is 0.463 e. The van der Waals surface area contributed by atoms with Gasteiger partial charge in [0.2, 0.25) is 6.29 Å². The molecule has 0 bridgehead atoms. The molecule has 1 rings (SSSR count). The number of carbonyl (C=O) groups excluding carboxylic acids is 4. The average Bonchev–Trinajstić information content (AvgIpc) is 2.42. The number of carbonyl (C=O) groups is 4. The fraction of sp³-hybridized carbons (Fsp3) is 0.714. The lowest BCUT2D eigenvalue weighted by molar-refractivity contribution is -0.297. The fourth-order valence-corrected chi connectivity index (χ4v) is 2.15. The van der Waals surface area contributed by atoms with Crippen molar-refractivity contribution in [1.29, 1.82) is 0 Å². The summed E-state index contributed by atoms with van der Waals surface area (Å²) in [6.45, 7) is 4.09. The molecule has 10 nitrogen and oxygen atoms in total. The van der Waals surface area contributed by atoms with Crippen LogP contribution in [-0.4, -0.2) is 66.3 Å². The topological polar surface area (TPSA) is 135 Å². The molecule has 136 valence electrons. The van der Waals surface area contributed by atoms with Gasteiger partial charge in [-0.3, -0.25) is 19.2 Å². The zero-order valence-electron chi connectivity index (χ0n) is 13.7. The van der Waals surface area contributed by atoms with Crippen molar-refractivity contribution in [3.63, 3.8) is 0 Å². The highest BCUT2D eigenvalue weighted by molar-refractivity contribution is 5.68. The molecule has 0 unspecified atom stereocenters. The molecule has 0 aromatic carbocycles. The molecule has 0 aromatic rings. The summed E-state index contributed by atoms with van der Waals surface area (Å²) in [6.07, 6.45) is -6.83. The van der Waals surface area contributed by atoms with Crippen LogP contribution < -0.4 is 0 Å². The summed E-state index contributed by atoms with van der Waals surface area (Å²) >= 11 is 0. The highest BCUT2D eigenvalue weighted by Gasteiger charge is 2.51. The molecule has 1 aliphatic heterocycles. The molecule has 10 heteroatoms. The Bertz CT molecular complexity index is 486. The van der Waals surface area contributed by atoms with Gasteiger partial charge in [0, 0.05) is 27.7 Å². The molecule has 1 saturated heterocycles. The lowest BCUT2D eigenvalue weighted by atomic mass is 9.98. The van der Waals surface area contributed by atoms with Crippen LogP contribution in [0.3, 0.4) is 0 Å². The summed E-state index contributed by atoms with van der Waals surface area (Å²) < 4.78 is 25.0. The maximum atomic E-state index is 11.3. The highest BCUT2D eigenvalue weighted by atomic mass is 16.7. The number of aliphatic hydroxyl groups is 1. The van der Waals surface area contributed by atoms with Gasteiger partial charge in [-0.1, -0.05) is 0 Å². The second kappa shape index (κ2) is 8.60. The van der Waals surface area contributed by atoms with E-state index in [-0.39, 0.29) is 6.61 Å². The van der Waals surface area contributed by atoms with Gasteiger partial charge < -0.3 is 28.8 Å². The predicted octanol–water partition coefficient (Wildman–Crippen LogP) is -0.938. The number of hydrogen-bond acceptors (Lipinski definition) is 10. The molecule has 0 radical (unpaired) electrons. The first-order chi connectivity index (χ1) is 11.1. The molecule has 0 aliphatic carbocycles. The van der Waals surface area contributed by atoms with Gasteiger partial charge in [-0.2, -0.15) is 0 Å². The summed E-state index contributed by atoms with van der Waals surface area (Å²) in [5.74, 6) is -2.87. The summed E-state index contributed by atoms with van der Waals surface area (Å²) in [7, 11) is 0. The first-order valence-corrected chi connectivity index (χ1v) is 7.10. The molecule has 0 spiro atoms. The van der Waals surface area contributed by atoms with Crippen molar-refractivity contribution in [2.45, 2.75) is 58.4 Å². The molecular weight excluding hydrogens is 328 g/mol. The smallest absolute Gasteiger partial charge is 0.305 e. The Hall–Kier alpha value is -2.20. The normalized spacial score (nSPS) is 29.3. The van der Waals surface area contributed by atoms with Crippen LogP contribution in [0.5, 0.6) is 0 Å². The Balaban J connectivity index is 3.08. The van der Waals surface area contributed by atoms with Crippen LogP contribution in [0.1, 0.15) is 27.7 Å². The molecule has 1 fully saturated rings. The van der Waals surface area contributed by atoms with Gasteiger partial charge in [-0.25, -0.2) is 0 Å². The highest BCUT2D eigenvalue weighted by Crippen LogP contribution is 2.27. The third-order valence-electron chi connectivity index (χ3n) is 2.95. The van der Waals surface area contributed by atoms with Crippen LogP contribution in [0.25, 0.3) is 0 Å². The van der Waals surface area contributed by atoms with E-state index in [0.29, 0.717) is 0 Å². The SMILES string of the molecule is CC(=O)OC[C@@H]1O[C@H](OC(C)=O)[C@@H](O)[C@H](OC(C)=O)[C@H]1OC(C)=O. The molecule has 1 heterocycles. The zero-order chi connectivity index (χ0) is 18.4. The van der Waals surface area contributed by atoms with Crippen LogP contribution in [0, 0.1) is 0 Å². The van der Waals surface area contributed by atoms with E-state index < -0.39 is 54.6 Å². The number of rotatable bonds is 5. The van der Waals surface area contributed by atoms with Crippen molar-refractivity contribution in [2.24, 2.45) is 0 Å². The van der Waals surface area contributed by atoms with E-state index >= 15 is 0 Å². The quantitative estimate of drug-likeness (QED) is 0.490. The van der Waals surface area contributed by atoms with E-state index in [1.54, 1.807) is 0 Å². The van der Waals surface area contributed by atoms with Crippen LogP contribution in [-0.2, 0) is 42.9 Å². The van der Waals surface area contributed by atoms with Crippen LogP contribution >= 0.6 is 0 Å². The van der Waals surface area contributed by atoms with E-state index in [4.69, 9.17) is 23.7 Å². The number of esters is 4. The molecule has 0 saturated carbocycles. The molecule has 5 atom stereocenters. The van der Waals surface area contributed by atoms with Gasteiger partial charge in [0.15, 0.2) is 18.3 Å². The average molecular weight is 348 g/mol. The summed E-state index contributed by atoms with van der Waals surface area (Å²) in [4.78, 5) is 44.7. The summed E-state index contributed by atoms with van der Waals surface area (Å²) in [5, 5.41) is 10.2. The van der Waals surface area contributed by atoms with E-state index in [2.05, 4.69) is 0 Å². The molecule has 1 N–H and O–H groups in total. The summed E-state index contributed by atoms with van der Waals surface area (Å²) in [5.41, 5.74) is 0. The van der Waals surface area contributed by atoms with E-state index in [9.17, 15) is 24.3 Å². The second-order valence-electron chi connectivity index (χ2n) is 5.09. The Morgan fingerprint density at radius 3 is 1.79 bits per heavy atom. The minimum atomic E-state index is -1.60. The molecule has 1 aliphatic rings. The van der Waals surface area contributed by atoms with Crippen molar-refractivity contribution < 1.29 is 48.0 Å². The second-order valence-corrected chi connectivity index (χ2v) is 5.09. The number of aliphatic hydroxyl groups excluding tert-OH is 1. The van der Waals surface area contributed by atoms with Crippen molar-refractivity contribution in [2.75, 3.05) is 6.61 Å². The van der Waals surface area contributed by atoms with Gasteiger partial charge >= 0.3 is 23.9 Å². The van der Waals surface area contributed by atoms with Crippen molar-refractivity contribution in [3.05, 3.63) is 0 Å². The fourth-order valence-electron chi connectivity index (χ4n) is 2.15. The lowest BCUT2D eigenvalue weighted by Gasteiger charge is -2.42. The van der Waals surface area contributed by atoms with Crippen LogP contribution in [0.15, 0.2) is 0 Å². The first kappa shape index (κ1) is 19.8. The van der Waals surface area contributed by atoms with Gasteiger partial charge in [-0.15, -0.1) is 0 Å². The van der Waals surface area contributed by atoms with Gasteiger partial charge in [0.05, 0.1) is 0 Å². The predicted molar refractivity (Wildman–Crippen MR) is 74.2 cm³/mol. The minimum Gasteiger partial charge on any atom is -0.463 e. The Morgan fingerprint density at radius 2 is 1.33 bits per heavy atom. The number of ether oxygens (including phenoxy) is 5. The molecule has 24 heavy (non-hydrogen) atoms. The van der Waals surface area contributed by atoms with Crippen molar-refractivity contribution >= 4 is 23.9 Å². The molecular formula is C14H20O10. The Labute approximate surface area is 137 Å². The Kier molecular flexibility index (Phi) is 7.11. The monoisotopic (exact) mass is 348 g/mol. The van der Waals surface area contributed by atoms with Crippen LogP contribution in [0.2, 0.25) is 0 Å². The standard InChI is InChI=1S/C14H20O10/c1-6(15)20-5-10-12(21-7(2)16)13(22-8(3)17)11(19)14(24-10)23-9(4)18/h10-14,19H,5H2,1-4H3/t10-,11-,12-,13-,14-/m0/s1. The molecule has 0 aromatic heterocycles. The zero-order valence-corrected chi connectivity index (χ0v) is 13.7. The van der Waals surface area contributed by atoms with E-state index in [1.165, 1.54) is 0 Å². The first-order valence-electron chi connectivity index (χ1n) is 7.10. The van der Waals surface area contributed by atoms with Crippen molar-refractivity contribution in [1.82, 2.24) is 0 Å². The van der Waals surface area contributed by atoms with Gasteiger partial charge in [0.25, 0.3) is 0 Å². The third kappa shape index (κ3) is 5.78. The van der Waals surface area contributed by atoms with Crippen molar-refractivity contribution in [3.8, 4) is 0 Å². The lowest BCUT2D eigenvalue weighted by Crippen LogP contribution is -2.62. The molecule has 0 amide bonds. The van der Waals surface area contributed by atoms with Crippen LogP contribution in [0.4, 0.5) is 0 Å². The maximum Gasteiger partial charge on any atom is 0.305 e. The van der Waals surface area contributed by atoms with E-state index in [1.807, 2.05) is 0 Å². The van der Waals surface area contributed by atoms with Gasteiger partial charge in [0.1, 0.15) is 12.7 Å². The summed E-state index contributed by atoms with van der Waals surface area (Å²) in [6, 6.07) is 0. The number of hydrogen-bond donors (Lipinski definition) is 1. The third-order valence-corrected chi connectivity index (χ3v) is 2.95. The maximum absolute atomic E-state index is 11.3.